The van der Waals surface area contributed by atoms with Gasteiger partial charge in [0.25, 0.3) is 5.91 Å². The number of fused-ring (bicyclic) bond motifs is 1. The fourth-order valence-corrected chi connectivity index (χ4v) is 2.72. The third-order valence-electron chi connectivity index (χ3n) is 3.91. The van der Waals surface area contributed by atoms with Crippen LogP contribution in [-0.4, -0.2) is 22.2 Å². The number of rotatable bonds is 4. The van der Waals surface area contributed by atoms with Crippen LogP contribution in [0.3, 0.4) is 0 Å². The molecule has 29 heavy (non-hydrogen) atoms. The molecule has 0 spiro atoms. The summed E-state index contributed by atoms with van der Waals surface area (Å²) in [5, 5.41) is 2.63. The second-order valence-electron chi connectivity index (χ2n) is 5.89. The predicted octanol–water partition coefficient (Wildman–Crippen LogP) is 5.04. The van der Waals surface area contributed by atoms with Gasteiger partial charge in [0.05, 0.1) is 11.1 Å². The molecular formula is C20H12F3N3O3. The fourth-order valence-electron chi connectivity index (χ4n) is 2.72. The van der Waals surface area contributed by atoms with E-state index in [2.05, 4.69) is 20.0 Å². The number of hydrogen-bond donors (Lipinski definition) is 1. The lowest BCUT2D eigenvalue weighted by atomic mass is 10.2. The van der Waals surface area contributed by atoms with Crippen LogP contribution in [0.2, 0.25) is 0 Å². The molecule has 2 heterocycles. The molecule has 0 atom stereocenters. The van der Waals surface area contributed by atoms with E-state index in [9.17, 15) is 18.0 Å². The van der Waals surface area contributed by atoms with Crippen molar-refractivity contribution < 1.29 is 27.1 Å². The molecule has 0 bridgehead atoms. The maximum Gasteiger partial charge on any atom is 0.573 e. The number of oxazole rings is 1. The molecular weight excluding hydrogens is 387 g/mol. The Bertz CT molecular complexity index is 1170. The third kappa shape index (κ3) is 4.03. The largest absolute Gasteiger partial charge is 0.573 e. The van der Waals surface area contributed by atoms with Gasteiger partial charge in [-0.25, -0.2) is 9.97 Å². The molecule has 2 aromatic carbocycles. The molecule has 0 aliphatic carbocycles. The minimum Gasteiger partial charge on any atom is -0.435 e. The molecule has 0 saturated carbocycles. The molecule has 1 N–H and O–H groups in total. The Hall–Kier alpha value is -3.88. The van der Waals surface area contributed by atoms with E-state index >= 15 is 0 Å². The number of nitrogens with zero attached hydrogens (tertiary/aromatic N) is 2. The monoisotopic (exact) mass is 399 g/mol. The van der Waals surface area contributed by atoms with E-state index in [4.69, 9.17) is 4.42 Å². The summed E-state index contributed by atoms with van der Waals surface area (Å²) in [5.41, 5.74) is 0.631. The first-order valence-corrected chi connectivity index (χ1v) is 8.38. The van der Waals surface area contributed by atoms with E-state index in [1.54, 1.807) is 30.3 Å². The number of nitrogens with one attached hydrogen (secondary N) is 1. The summed E-state index contributed by atoms with van der Waals surface area (Å²) in [4.78, 5) is 20.9. The van der Waals surface area contributed by atoms with Gasteiger partial charge in [-0.2, -0.15) is 0 Å². The SMILES string of the molecule is O=C(Nc1ccccn1)c1cccc2nc(-c3ccccc3OC(F)(F)F)oc12. The number of carbonyl (C=O) groups is 1. The molecule has 6 nitrogen and oxygen atoms in total. The molecule has 9 heteroatoms. The van der Waals surface area contributed by atoms with Crippen LogP contribution in [0.1, 0.15) is 10.4 Å². The van der Waals surface area contributed by atoms with Crippen molar-refractivity contribution in [1.29, 1.82) is 0 Å². The minimum absolute atomic E-state index is 0.0112. The van der Waals surface area contributed by atoms with Crippen molar-refractivity contribution in [2.24, 2.45) is 0 Å². The summed E-state index contributed by atoms with van der Waals surface area (Å²) < 4.78 is 47.8. The molecule has 0 radical (unpaired) electrons. The number of carbonyl (C=O) groups excluding carboxylic acids is 1. The zero-order chi connectivity index (χ0) is 20.4. The lowest BCUT2D eigenvalue weighted by Gasteiger charge is -2.11. The number of alkyl halides is 3. The topological polar surface area (TPSA) is 77.2 Å². The number of amides is 1. The van der Waals surface area contributed by atoms with Crippen LogP contribution in [0.25, 0.3) is 22.6 Å². The summed E-state index contributed by atoms with van der Waals surface area (Å²) in [6, 6.07) is 15.2. The van der Waals surface area contributed by atoms with Gasteiger partial charge in [-0.1, -0.05) is 24.3 Å². The Labute approximate surface area is 162 Å². The normalized spacial score (nSPS) is 11.4. The molecule has 146 valence electrons. The zero-order valence-electron chi connectivity index (χ0n) is 14.6. The first kappa shape index (κ1) is 18.5. The Morgan fingerprint density at radius 1 is 1.00 bits per heavy atom. The first-order valence-electron chi connectivity index (χ1n) is 8.38. The molecule has 0 saturated heterocycles. The van der Waals surface area contributed by atoms with Crippen LogP contribution in [0.4, 0.5) is 19.0 Å². The minimum atomic E-state index is -4.87. The Balaban J connectivity index is 1.73. The van der Waals surface area contributed by atoms with E-state index in [-0.39, 0.29) is 22.6 Å². The summed E-state index contributed by atoms with van der Waals surface area (Å²) in [6.07, 6.45) is -3.34. The molecule has 4 aromatic rings. The second-order valence-corrected chi connectivity index (χ2v) is 5.89. The van der Waals surface area contributed by atoms with Crippen LogP contribution in [0.15, 0.2) is 71.3 Å². The van der Waals surface area contributed by atoms with Gasteiger partial charge in [0.15, 0.2) is 5.58 Å². The lowest BCUT2D eigenvalue weighted by Crippen LogP contribution is -2.17. The first-order chi connectivity index (χ1) is 13.9. The lowest BCUT2D eigenvalue weighted by molar-refractivity contribution is -0.274. The van der Waals surface area contributed by atoms with Crippen molar-refractivity contribution in [3.63, 3.8) is 0 Å². The van der Waals surface area contributed by atoms with Crippen molar-refractivity contribution >= 4 is 22.8 Å². The second kappa shape index (κ2) is 7.27. The molecule has 0 fully saturated rings. The van der Waals surface area contributed by atoms with Crippen LogP contribution < -0.4 is 10.1 Å². The molecule has 0 aliphatic rings. The van der Waals surface area contributed by atoms with Crippen molar-refractivity contribution in [3.05, 3.63) is 72.4 Å². The van der Waals surface area contributed by atoms with Crippen LogP contribution in [-0.2, 0) is 0 Å². The number of ether oxygens (including phenoxy) is 1. The third-order valence-corrected chi connectivity index (χ3v) is 3.91. The van der Waals surface area contributed by atoms with Gasteiger partial charge in [0, 0.05) is 6.20 Å². The fraction of sp³-hybridized carbons (Fsp3) is 0.0500. The van der Waals surface area contributed by atoms with Gasteiger partial charge in [0.2, 0.25) is 5.89 Å². The highest BCUT2D eigenvalue weighted by atomic mass is 19.4. The van der Waals surface area contributed by atoms with E-state index in [0.29, 0.717) is 11.3 Å². The number of aromatic nitrogens is 2. The van der Waals surface area contributed by atoms with Gasteiger partial charge in [-0.3, -0.25) is 4.79 Å². The van der Waals surface area contributed by atoms with Crippen LogP contribution >= 0.6 is 0 Å². The standard InChI is InChI=1S/C20H12F3N3O3/c21-20(22,23)29-15-9-2-1-6-12(15)19-25-14-8-5-7-13(17(14)28-19)18(27)26-16-10-3-4-11-24-16/h1-11H,(H,24,26,27). The van der Waals surface area contributed by atoms with Crippen molar-refractivity contribution in [3.8, 4) is 17.2 Å². The van der Waals surface area contributed by atoms with Crippen molar-refractivity contribution in [2.45, 2.75) is 6.36 Å². The van der Waals surface area contributed by atoms with Gasteiger partial charge in [0.1, 0.15) is 17.1 Å². The average Bonchev–Trinajstić information content (AvgIpc) is 3.12. The Kier molecular flexibility index (Phi) is 4.63. The zero-order valence-corrected chi connectivity index (χ0v) is 14.6. The summed E-state index contributed by atoms with van der Waals surface area (Å²) in [6.45, 7) is 0. The quantitative estimate of drug-likeness (QED) is 0.520. The van der Waals surface area contributed by atoms with Crippen LogP contribution in [0, 0.1) is 0 Å². The number of pyridine rings is 1. The predicted molar refractivity (Wildman–Crippen MR) is 98.3 cm³/mol. The summed E-state index contributed by atoms with van der Waals surface area (Å²) in [7, 11) is 0. The van der Waals surface area contributed by atoms with Crippen LogP contribution in [0.5, 0.6) is 5.75 Å². The number of halogens is 3. The molecule has 2 aromatic heterocycles. The maximum atomic E-state index is 12.7. The summed E-state index contributed by atoms with van der Waals surface area (Å²) in [5.74, 6) is -0.695. The van der Waals surface area contributed by atoms with Crippen molar-refractivity contribution in [1.82, 2.24) is 9.97 Å². The molecule has 4 rings (SSSR count). The molecule has 0 aliphatic heterocycles. The van der Waals surface area contributed by atoms with E-state index in [0.717, 1.165) is 6.07 Å². The van der Waals surface area contributed by atoms with E-state index in [1.165, 1.54) is 30.5 Å². The number of para-hydroxylation sites is 2. The summed E-state index contributed by atoms with van der Waals surface area (Å²) >= 11 is 0. The highest BCUT2D eigenvalue weighted by Gasteiger charge is 2.32. The van der Waals surface area contributed by atoms with Gasteiger partial charge in [-0.05, 0) is 36.4 Å². The smallest absolute Gasteiger partial charge is 0.435 e. The van der Waals surface area contributed by atoms with Gasteiger partial charge in [-0.15, -0.1) is 13.2 Å². The Morgan fingerprint density at radius 2 is 1.79 bits per heavy atom. The molecule has 0 unspecified atom stereocenters. The maximum absolute atomic E-state index is 12.7. The number of benzene rings is 2. The van der Waals surface area contributed by atoms with E-state index in [1.807, 2.05) is 0 Å². The highest BCUT2D eigenvalue weighted by molar-refractivity contribution is 6.10. The molecule has 1 amide bonds. The highest BCUT2D eigenvalue weighted by Crippen LogP contribution is 2.35. The van der Waals surface area contributed by atoms with E-state index < -0.39 is 18.0 Å². The number of anilines is 1. The average molecular weight is 399 g/mol. The van der Waals surface area contributed by atoms with Gasteiger partial charge >= 0.3 is 6.36 Å². The van der Waals surface area contributed by atoms with Gasteiger partial charge < -0.3 is 14.5 Å². The Morgan fingerprint density at radius 3 is 2.55 bits per heavy atom. The van der Waals surface area contributed by atoms with Crippen molar-refractivity contribution in [2.75, 3.05) is 5.32 Å². The number of hydrogen-bond acceptors (Lipinski definition) is 5.